The summed E-state index contributed by atoms with van der Waals surface area (Å²) < 4.78 is 22.2. The minimum atomic E-state index is -1.11. The standard InChI is InChI=1S/C21H28FN7O/c1-13(2)29-14(3)25-15-11-24-19(10-16(15)29)26-18-6-8-23-20(27-18)28-9-7-21(4,30-5)17(22)12-28/h6,8,10-11,13,17H,7,9,12H2,1-5H3,(H,23,24,26,27). The van der Waals surface area contributed by atoms with Crippen LogP contribution in [0.1, 0.15) is 39.1 Å². The van der Waals surface area contributed by atoms with Crippen LogP contribution in [0, 0.1) is 6.92 Å². The number of alkyl halides is 1. The van der Waals surface area contributed by atoms with Crippen LogP contribution >= 0.6 is 0 Å². The van der Waals surface area contributed by atoms with E-state index in [1.54, 1.807) is 32.5 Å². The molecule has 1 aliphatic heterocycles. The molecule has 0 bridgehead atoms. The quantitative estimate of drug-likeness (QED) is 0.681. The molecular weight excluding hydrogens is 385 g/mol. The average Bonchev–Trinajstić information content (AvgIpc) is 3.05. The fraction of sp³-hybridized carbons (Fsp3) is 0.524. The van der Waals surface area contributed by atoms with Gasteiger partial charge in [-0.15, -0.1) is 0 Å². The van der Waals surface area contributed by atoms with Gasteiger partial charge in [0, 0.05) is 32.0 Å². The molecule has 0 aromatic carbocycles. The lowest BCUT2D eigenvalue weighted by atomic mass is 9.91. The number of hydrogen-bond acceptors (Lipinski definition) is 7. The topological polar surface area (TPSA) is 81.0 Å². The summed E-state index contributed by atoms with van der Waals surface area (Å²) in [6.45, 7) is 8.89. The molecule has 2 unspecified atom stereocenters. The molecule has 4 heterocycles. The molecule has 3 aromatic heterocycles. The Morgan fingerprint density at radius 1 is 1.27 bits per heavy atom. The first-order valence-electron chi connectivity index (χ1n) is 10.2. The van der Waals surface area contributed by atoms with Crippen molar-refractivity contribution in [2.24, 2.45) is 0 Å². The molecule has 1 saturated heterocycles. The summed E-state index contributed by atoms with van der Waals surface area (Å²) in [6.07, 6.45) is 2.89. The average molecular weight is 414 g/mol. The molecule has 4 rings (SSSR count). The van der Waals surface area contributed by atoms with Crippen LogP contribution in [0.4, 0.5) is 22.0 Å². The second-order valence-electron chi connectivity index (χ2n) is 8.23. The Kier molecular flexibility index (Phi) is 5.31. The number of hydrogen-bond donors (Lipinski definition) is 1. The van der Waals surface area contributed by atoms with E-state index in [0.29, 0.717) is 36.6 Å². The number of anilines is 3. The summed E-state index contributed by atoms with van der Waals surface area (Å²) >= 11 is 0. The summed E-state index contributed by atoms with van der Waals surface area (Å²) in [4.78, 5) is 19.8. The zero-order chi connectivity index (χ0) is 21.5. The van der Waals surface area contributed by atoms with E-state index in [2.05, 4.69) is 43.7 Å². The van der Waals surface area contributed by atoms with Gasteiger partial charge >= 0.3 is 0 Å². The van der Waals surface area contributed by atoms with E-state index in [9.17, 15) is 4.39 Å². The van der Waals surface area contributed by atoms with Crippen molar-refractivity contribution in [3.8, 4) is 0 Å². The summed E-state index contributed by atoms with van der Waals surface area (Å²) in [5.41, 5.74) is 1.12. The number of aromatic nitrogens is 5. The number of pyridine rings is 1. The Labute approximate surface area is 175 Å². The van der Waals surface area contributed by atoms with Gasteiger partial charge in [0.15, 0.2) is 0 Å². The molecule has 0 spiro atoms. The normalized spacial score (nSPS) is 22.1. The molecule has 160 valence electrons. The van der Waals surface area contributed by atoms with Crippen LogP contribution < -0.4 is 10.2 Å². The van der Waals surface area contributed by atoms with Gasteiger partial charge in [-0.3, -0.25) is 0 Å². The highest BCUT2D eigenvalue weighted by atomic mass is 19.1. The maximum absolute atomic E-state index is 14.6. The number of imidazole rings is 1. The molecule has 1 fully saturated rings. The minimum absolute atomic E-state index is 0.199. The van der Waals surface area contributed by atoms with Gasteiger partial charge < -0.3 is 19.5 Å². The molecule has 8 nitrogen and oxygen atoms in total. The first-order valence-corrected chi connectivity index (χ1v) is 10.2. The van der Waals surface area contributed by atoms with Crippen LogP contribution in [0.5, 0.6) is 0 Å². The van der Waals surface area contributed by atoms with Gasteiger partial charge in [0.1, 0.15) is 29.1 Å². The van der Waals surface area contributed by atoms with E-state index in [1.807, 2.05) is 17.9 Å². The highest BCUT2D eigenvalue weighted by Crippen LogP contribution is 2.30. The Bertz CT molecular complexity index is 1050. The van der Waals surface area contributed by atoms with Crippen molar-refractivity contribution in [1.29, 1.82) is 0 Å². The number of halogens is 1. The van der Waals surface area contributed by atoms with Crippen molar-refractivity contribution in [3.63, 3.8) is 0 Å². The van der Waals surface area contributed by atoms with Crippen molar-refractivity contribution >= 4 is 28.6 Å². The Hall–Kier alpha value is -2.81. The fourth-order valence-corrected chi connectivity index (χ4v) is 3.94. The smallest absolute Gasteiger partial charge is 0.227 e. The van der Waals surface area contributed by atoms with Gasteiger partial charge in [0.2, 0.25) is 5.95 Å². The van der Waals surface area contributed by atoms with Crippen molar-refractivity contribution in [2.45, 2.75) is 51.9 Å². The van der Waals surface area contributed by atoms with Gasteiger partial charge in [0.25, 0.3) is 0 Å². The molecule has 0 amide bonds. The summed E-state index contributed by atoms with van der Waals surface area (Å²) in [5, 5.41) is 3.24. The lowest BCUT2D eigenvalue weighted by molar-refractivity contribution is -0.0679. The Morgan fingerprint density at radius 2 is 2.07 bits per heavy atom. The van der Waals surface area contributed by atoms with Crippen LogP contribution in [0.15, 0.2) is 24.5 Å². The second-order valence-corrected chi connectivity index (χ2v) is 8.23. The number of rotatable bonds is 5. The maximum Gasteiger partial charge on any atom is 0.227 e. The lowest BCUT2D eigenvalue weighted by Gasteiger charge is -2.41. The van der Waals surface area contributed by atoms with Crippen LogP contribution in [0.25, 0.3) is 11.0 Å². The van der Waals surface area contributed by atoms with E-state index in [4.69, 9.17) is 4.74 Å². The SMILES string of the molecule is COC1(C)CCN(c2nccc(Nc3cc4c(cn3)nc(C)n4C(C)C)n2)CC1F. The zero-order valence-electron chi connectivity index (χ0n) is 18.1. The van der Waals surface area contributed by atoms with Gasteiger partial charge in [0.05, 0.1) is 23.9 Å². The third-order valence-electron chi connectivity index (χ3n) is 5.84. The van der Waals surface area contributed by atoms with E-state index in [-0.39, 0.29) is 6.54 Å². The molecule has 9 heteroatoms. The Morgan fingerprint density at radius 3 is 2.77 bits per heavy atom. The lowest BCUT2D eigenvalue weighted by Crippen LogP contribution is -2.53. The second kappa shape index (κ2) is 7.79. The largest absolute Gasteiger partial charge is 0.375 e. The predicted octanol–water partition coefficient (Wildman–Crippen LogP) is 3.81. The maximum atomic E-state index is 14.6. The molecular formula is C21H28FN7O. The first kappa shape index (κ1) is 20.5. The van der Waals surface area contributed by atoms with E-state index in [1.165, 1.54) is 0 Å². The number of ether oxygens (including phenoxy) is 1. The van der Waals surface area contributed by atoms with E-state index in [0.717, 1.165) is 16.9 Å². The molecule has 3 aromatic rings. The number of methoxy groups -OCH3 is 1. The first-order chi connectivity index (χ1) is 14.3. The number of nitrogens with zero attached hydrogens (tertiary/aromatic N) is 6. The third-order valence-corrected chi connectivity index (χ3v) is 5.84. The van der Waals surface area contributed by atoms with Crippen molar-refractivity contribution in [3.05, 3.63) is 30.4 Å². The summed E-state index contributed by atoms with van der Waals surface area (Å²) in [6, 6.07) is 4.04. The number of nitrogens with one attached hydrogen (secondary N) is 1. The predicted molar refractivity (Wildman–Crippen MR) is 115 cm³/mol. The molecule has 1 N–H and O–H groups in total. The van der Waals surface area contributed by atoms with Crippen LogP contribution in [0.3, 0.4) is 0 Å². The third kappa shape index (κ3) is 3.69. The van der Waals surface area contributed by atoms with Crippen LogP contribution in [-0.2, 0) is 4.74 Å². The minimum Gasteiger partial charge on any atom is -0.375 e. The molecule has 30 heavy (non-hydrogen) atoms. The highest BCUT2D eigenvalue weighted by Gasteiger charge is 2.40. The van der Waals surface area contributed by atoms with Crippen LogP contribution in [-0.4, -0.2) is 56.5 Å². The summed E-state index contributed by atoms with van der Waals surface area (Å²) in [5.74, 6) is 2.72. The molecule has 2 atom stereocenters. The van der Waals surface area contributed by atoms with Gasteiger partial charge in [-0.1, -0.05) is 0 Å². The Balaban J connectivity index is 1.56. The van der Waals surface area contributed by atoms with Crippen molar-refractivity contribution in [1.82, 2.24) is 24.5 Å². The molecule has 1 aliphatic rings. The van der Waals surface area contributed by atoms with E-state index < -0.39 is 11.8 Å². The van der Waals surface area contributed by atoms with Gasteiger partial charge in [-0.25, -0.2) is 19.3 Å². The fourth-order valence-electron chi connectivity index (χ4n) is 3.94. The molecule has 0 aliphatic carbocycles. The molecule has 0 saturated carbocycles. The highest BCUT2D eigenvalue weighted by molar-refractivity contribution is 5.79. The van der Waals surface area contributed by atoms with Crippen LogP contribution in [0.2, 0.25) is 0 Å². The monoisotopic (exact) mass is 413 g/mol. The van der Waals surface area contributed by atoms with Gasteiger partial charge in [-0.05, 0) is 40.2 Å². The molecule has 0 radical (unpaired) electrons. The van der Waals surface area contributed by atoms with Gasteiger partial charge in [-0.2, -0.15) is 4.98 Å². The zero-order valence-corrected chi connectivity index (χ0v) is 18.1. The number of piperidine rings is 1. The van der Waals surface area contributed by atoms with Crippen molar-refractivity contribution < 1.29 is 9.13 Å². The number of fused-ring (bicyclic) bond motifs is 1. The summed E-state index contributed by atoms with van der Waals surface area (Å²) in [7, 11) is 1.56. The number of aryl methyl sites for hydroxylation is 1. The van der Waals surface area contributed by atoms with Crippen molar-refractivity contribution in [2.75, 3.05) is 30.4 Å². The van der Waals surface area contributed by atoms with E-state index >= 15 is 0 Å².